The van der Waals surface area contributed by atoms with Gasteiger partial charge in [-0.05, 0) is 11.8 Å². The third kappa shape index (κ3) is 17.4. The molecular weight excluding hydrogens is 371 g/mol. The fourth-order valence-electron chi connectivity index (χ4n) is 2.89. The van der Waals surface area contributed by atoms with Gasteiger partial charge in [0, 0.05) is 0 Å². The second-order valence-corrected chi connectivity index (χ2v) is 7.38. The molecule has 1 nitrogen and oxygen atoms in total. The summed E-state index contributed by atoms with van der Waals surface area (Å²) in [4.78, 5) is 0. The average Bonchev–Trinajstić information content (AvgIpc) is 2.71. The van der Waals surface area contributed by atoms with E-state index in [2.05, 4.69) is 50.8 Å². The summed E-state index contributed by atoms with van der Waals surface area (Å²) in [6.07, 6.45) is 20.1. The van der Waals surface area contributed by atoms with Crippen LogP contribution in [0.1, 0.15) is 105 Å². The van der Waals surface area contributed by atoms with Crippen LogP contribution in [0.5, 0.6) is 0 Å². The van der Waals surface area contributed by atoms with E-state index in [0.29, 0.717) is 6.04 Å². The molecule has 0 amide bonds. The van der Waals surface area contributed by atoms with Crippen molar-refractivity contribution in [2.75, 3.05) is 0 Å². The molecule has 0 N–H and O–H groups in total. The summed E-state index contributed by atoms with van der Waals surface area (Å²) >= 11 is 1.55. The quantitative estimate of drug-likeness (QED) is 0.326. The van der Waals surface area contributed by atoms with E-state index in [0.717, 1.165) is 11.8 Å². The maximum absolute atomic E-state index is 4.06. The Hall–Kier alpha value is 0.540. The Morgan fingerprint density at radius 1 is 0.875 bits per heavy atom. The normalized spacial score (nSPS) is 19.4. The first-order valence-electron chi connectivity index (χ1n) is 10.4. The van der Waals surface area contributed by atoms with E-state index < -0.39 is 0 Å². The van der Waals surface area contributed by atoms with Crippen molar-refractivity contribution in [1.82, 2.24) is 0 Å². The standard InChI is InChI=1S/2C8H15.C4H9N.C2H5.Nb/c2*1-2-8-6-4-3-5-7-8;1-3-4(2)5;1-2;/h2*3,8H,2,4-7H2,1H3;4H,3H2,1-2H3;1H2,2H3;/q2*-1;;-1;. The molecule has 2 rings (SSSR count). The summed E-state index contributed by atoms with van der Waals surface area (Å²) in [6, 6.07) is 0.582. The van der Waals surface area contributed by atoms with Crippen molar-refractivity contribution in [3.63, 3.8) is 0 Å². The SMILES string of the molecule is CCC(C)[N]=[Nb].CCC1CC[CH-]CC1.CCC1CC[CH-]CC1.[CH2-]C. The van der Waals surface area contributed by atoms with E-state index in [-0.39, 0.29) is 0 Å². The van der Waals surface area contributed by atoms with Gasteiger partial charge in [0.25, 0.3) is 0 Å². The molecule has 24 heavy (non-hydrogen) atoms. The van der Waals surface area contributed by atoms with Crippen molar-refractivity contribution in [2.45, 2.75) is 111 Å². The van der Waals surface area contributed by atoms with Crippen LogP contribution >= 0.6 is 0 Å². The van der Waals surface area contributed by atoms with Gasteiger partial charge in [0.05, 0.1) is 0 Å². The molecule has 2 fully saturated rings. The number of hydrogen-bond acceptors (Lipinski definition) is 1. The van der Waals surface area contributed by atoms with E-state index >= 15 is 0 Å². The van der Waals surface area contributed by atoms with E-state index in [9.17, 15) is 0 Å². The van der Waals surface area contributed by atoms with Crippen molar-refractivity contribution in [3.05, 3.63) is 19.8 Å². The first kappa shape index (κ1) is 26.8. The van der Waals surface area contributed by atoms with Gasteiger partial charge >= 0.3 is 50.5 Å². The zero-order chi connectivity index (χ0) is 18.6. The van der Waals surface area contributed by atoms with Crippen LogP contribution in [0.2, 0.25) is 0 Å². The van der Waals surface area contributed by atoms with Crippen LogP contribution in [0.25, 0.3) is 0 Å². The fraction of sp³-hybridized carbons (Fsp3) is 0.864. The van der Waals surface area contributed by atoms with Crippen LogP contribution in [0.15, 0.2) is 3.34 Å². The first-order chi connectivity index (χ1) is 11.7. The van der Waals surface area contributed by atoms with Gasteiger partial charge in [0.1, 0.15) is 0 Å². The Bertz CT molecular complexity index is 212. The molecular formula is C22H44NNb-3. The van der Waals surface area contributed by atoms with Gasteiger partial charge < -0.3 is 19.8 Å². The summed E-state index contributed by atoms with van der Waals surface area (Å²) in [6.45, 7) is 13.9. The minimum atomic E-state index is 0.582. The number of hydrogen-bond donors (Lipinski definition) is 0. The number of rotatable bonds is 4. The molecule has 0 saturated heterocycles. The predicted octanol–water partition coefficient (Wildman–Crippen LogP) is 7.94. The molecule has 0 aromatic rings. The molecule has 1 unspecified atom stereocenters. The minimum absolute atomic E-state index is 0.582. The van der Waals surface area contributed by atoms with Crippen LogP contribution < -0.4 is 0 Å². The first-order valence-corrected chi connectivity index (χ1v) is 11.3. The maximum Gasteiger partial charge on any atom is -0.0465 e. The Morgan fingerprint density at radius 3 is 1.33 bits per heavy atom. The molecule has 0 radical (unpaired) electrons. The monoisotopic (exact) mass is 415 g/mol. The largest absolute Gasteiger partial charge is 0.346 e. The van der Waals surface area contributed by atoms with Gasteiger partial charge in [-0.3, -0.25) is 0 Å². The summed E-state index contributed by atoms with van der Waals surface area (Å²) in [5.41, 5.74) is 0. The van der Waals surface area contributed by atoms with Crippen LogP contribution in [0.4, 0.5) is 0 Å². The molecule has 2 saturated carbocycles. The Kier molecular flexibility index (Phi) is 24.1. The average molecular weight is 416 g/mol. The molecule has 0 aliphatic heterocycles. The second-order valence-electron chi connectivity index (χ2n) is 6.81. The predicted molar refractivity (Wildman–Crippen MR) is 106 cm³/mol. The van der Waals surface area contributed by atoms with Gasteiger partial charge in [-0.1, -0.05) is 52.4 Å². The van der Waals surface area contributed by atoms with E-state index in [1.165, 1.54) is 70.6 Å². The van der Waals surface area contributed by atoms with E-state index in [1.807, 2.05) is 0 Å². The van der Waals surface area contributed by atoms with Crippen molar-refractivity contribution < 1.29 is 20.9 Å². The molecule has 0 spiro atoms. The molecule has 0 aromatic carbocycles. The number of nitrogens with zero attached hydrogens (tertiary/aromatic N) is 1. The summed E-state index contributed by atoms with van der Waals surface area (Å²) in [5, 5.41) is 0. The van der Waals surface area contributed by atoms with Gasteiger partial charge in [-0.15, -0.1) is 0 Å². The van der Waals surface area contributed by atoms with Gasteiger partial charge in [-0.2, -0.15) is 32.6 Å². The molecule has 2 heteroatoms. The molecule has 0 heterocycles. The zero-order valence-electron chi connectivity index (χ0n) is 17.3. The molecule has 2 aliphatic rings. The molecule has 2 aliphatic carbocycles. The van der Waals surface area contributed by atoms with Crippen LogP contribution in [-0.4, -0.2) is 6.04 Å². The summed E-state index contributed by atoms with van der Waals surface area (Å²) < 4.78 is 4.06. The van der Waals surface area contributed by atoms with E-state index in [1.54, 1.807) is 27.8 Å². The van der Waals surface area contributed by atoms with Crippen LogP contribution in [0.3, 0.4) is 0 Å². The minimum Gasteiger partial charge on any atom is -0.346 e. The van der Waals surface area contributed by atoms with Crippen molar-refractivity contribution >= 4 is 0 Å². The zero-order valence-corrected chi connectivity index (χ0v) is 19.5. The smallest absolute Gasteiger partial charge is 0.0465 e. The van der Waals surface area contributed by atoms with E-state index in [4.69, 9.17) is 0 Å². The third-order valence-corrected chi connectivity index (χ3v) is 6.03. The van der Waals surface area contributed by atoms with Crippen molar-refractivity contribution in [2.24, 2.45) is 15.2 Å². The molecule has 145 valence electrons. The summed E-state index contributed by atoms with van der Waals surface area (Å²) in [5.74, 6) is 2.11. The van der Waals surface area contributed by atoms with Crippen molar-refractivity contribution in [3.8, 4) is 0 Å². The molecule has 0 bridgehead atoms. The van der Waals surface area contributed by atoms with Crippen LogP contribution in [-0.2, 0) is 20.9 Å². The topological polar surface area (TPSA) is 12.4 Å². The fourth-order valence-corrected chi connectivity index (χ4v) is 3.29. The summed E-state index contributed by atoms with van der Waals surface area (Å²) in [7, 11) is 0. The molecule has 0 aromatic heterocycles. The Morgan fingerprint density at radius 2 is 1.21 bits per heavy atom. The van der Waals surface area contributed by atoms with Gasteiger partial charge in [0.15, 0.2) is 0 Å². The van der Waals surface area contributed by atoms with Crippen LogP contribution in [0, 0.1) is 31.6 Å². The molecule has 1 atom stereocenters. The van der Waals surface area contributed by atoms with Gasteiger partial charge in [0.2, 0.25) is 0 Å². The van der Waals surface area contributed by atoms with Crippen molar-refractivity contribution in [1.29, 1.82) is 0 Å². The third-order valence-electron chi connectivity index (χ3n) is 5.06. The second kappa shape index (κ2) is 21.6. The Labute approximate surface area is 166 Å². The maximum atomic E-state index is 4.06. The van der Waals surface area contributed by atoms with Gasteiger partial charge in [-0.25, -0.2) is 0 Å². The Balaban J connectivity index is 0.